The third kappa shape index (κ3) is 3.61. The summed E-state index contributed by atoms with van der Waals surface area (Å²) in [6.07, 6.45) is 5.33. The van der Waals surface area contributed by atoms with Crippen LogP contribution in [0.2, 0.25) is 0 Å². The van der Waals surface area contributed by atoms with Crippen molar-refractivity contribution in [2.24, 2.45) is 16.6 Å². The molecular formula is C18H22N4O3S. The van der Waals surface area contributed by atoms with Gasteiger partial charge in [0.15, 0.2) is 11.0 Å². The van der Waals surface area contributed by atoms with Gasteiger partial charge in [-0.05, 0) is 37.2 Å². The summed E-state index contributed by atoms with van der Waals surface area (Å²) in [7, 11) is 1.51. The molecule has 0 aromatic heterocycles. The molecular weight excluding hydrogens is 352 g/mol. The lowest BCUT2D eigenvalue weighted by Gasteiger charge is -2.32. The number of hydrogen-bond donors (Lipinski definition) is 2. The highest BCUT2D eigenvalue weighted by atomic mass is 32.1. The molecule has 1 aromatic rings. The monoisotopic (exact) mass is 374 g/mol. The third-order valence-corrected chi connectivity index (χ3v) is 5.02. The second kappa shape index (κ2) is 7.92. The fraction of sp³-hybridized carbons (Fsp3) is 0.444. The molecule has 1 heterocycles. The van der Waals surface area contributed by atoms with Crippen molar-refractivity contribution >= 4 is 41.0 Å². The summed E-state index contributed by atoms with van der Waals surface area (Å²) in [6, 6.07) is 6.92. The lowest BCUT2D eigenvalue weighted by atomic mass is 9.91. The van der Waals surface area contributed by atoms with E-state index in [-0.39, 0.29) is 17.2 Å². The Bertz CT molecular complexity index is 752. The van der Waals surface area contributed by atoms with E-state index < -0.39 is 17.7 Å². The molecule has 0 unspecified atom stereocenters. The Hall–Kier alpha value is -2.32. The molecule has 26 heavy (non-hydrogen) atoms. The van der Waals surface area contributed by atoms with Gasteiger partial charge < -0.3 is 15.8 Å². The van der Waals surface area contributed by atoms with Gasteiger partial charge in [0.1, 0.15) is 5.75 Å². The Balaban J connectivity index is 1.86. The average molecular weight is 374 g/mol. The number of ether oxygens (including phenoxy) is 1. The van der Waals surface area contributed by atoms with Crippen LogP contribution in [0.4, 0.5) is 5.69 Å². The van der Waals surface area contributed by atoms with Crippen LogP contribution in [0.1, 0.15) is 25.7 Å². The van der Waals surface area contributed by atoms with Gasteiger partial charge >= 0.3 is 0 Å². The summed E-state index contributed by atoms with van der Waals surface area (Å²) in [5, 5.41) is 2.61. The molecule has 3 atom stereocenters. The first kappa shape index (κ1) is 18.5. The van der Waals surface area contributed by atoms with Gasteiger partial charge in [0.25, 0.3) is 5.91 Å². The number of amides is 2. The molecule has 1 aliphatic carbocycles. The Morgan fingerprint density at radius 2 is 2.04 bits per heavy atom. The van der Waals surface area contributed by atoms with Gasteiger partial charge in [0.2, 0.25) is 5.91 Å². The van der Waals surface area contributed by atoms with Gasteiger partial charge in [0, 0.05) is 12.3 Å². The Morgan fingerprint density at radius 3 is 2.77 bits per heavy atom. The third-order valence-electron chi connectivity index (χ3n) is 4.74. The van der Waals surface area contributed by atoms with Gasteiger partial charge in [0.05, 0.1) is 18.8 Å². The molecule has 2 fully saturated rings. The number of methoxy groups -OCH3 is 1. The largest absolute Gasteiger partial charge is 0.495 e. The van der Waals surface area contributed by atoms with Crippen LogP contribution in [0.25, 0.3) is 0 Å². The number of nitrogens with zero attached hydrogens (tertiary/aromatic N) is 2. The normalized spacial score (nSPS) is 26.9. The zero-order valence-corrected chi connectivity index (χ0v) is 15.4. The quantitative estimate of drug-likeness (QED) is 0.472. The molecule has 1 aliphatic heterocycles. The van der Waals surface area contributed by atoms with Gasteiger partial charge in [-0.1, -0.05) is 25.0 Å². The molecule has 2 amide bonds. The summed E-state index contributed by atoms with van der Waals surface area (Å²) in [5.74, 6) is -1.47. The van der Waals surface area contributed by atoms with Crippen LogP contribution >= 0.6 is 12.2 Å². The summed E-state index contributed by atoms with van der Waals surface area (Å²) in [6.45, 7) is 0. The predicted octanol–water partition coefficient (Wildman–Crippen LogP) is 1.40. The molecule has 3 rings (SSSR count). The predicted molar refractivity (Wildman–Crippen MR) is 103 cm³/mol. The lowest BCUT2D eigenvalue weighted by molar-refractivity contribution is -0.130. The van der Waals surface area contributed by atoms with Crippen LogP contribution in [0, 0.1) is 5.92 Å². The van der Waals surface area contributed by atoms with Gasteiger partial charge in [-0.3, -0.25) is 19.5 Å². The highest BCUT2D eigenvalue weighted by Crippen LogP contribution is 2.30. The maximum absolute atomic E-state index is 13.0. The molecule has 1 saturated carbocycles. The number of benzene rings is 1. The van der Waals surface area contributed by atoms with E-state index in [0.717, 1.165) is 25.7 Å². The first-order valence-corrected chi connectivity index (χ1v) is 9.04. The van der Waals surface area contributed by atoms with Crippen molar-refractivity contribution in [3.05, 3.63) is 24.3 Å². The van der Waals surface area contributed by atoms with E-state index in [0.29, 0.717) is 11.4 Å². The number of rotatable bonds is 4. The fourth-order valence-corrected chi connectivity index (χ4v) is 3.58. The van der Waals surface area contributed by atoms with Crippen LogP contribution in [0.5, 0.6) is 5.75 Å². The molecule has 1 aromatic carbocycles. The zero-order valence-electron chi connectivity index (χ0n) is 14.6. The summed E-state index contributed by atoms with van der Waals surface area (Å²) in [5.41, 5.74) is 6.58. The number of aliphatic imine (C=N–C) groups is 1. The average Bonchev–Trinajstić information content (AvgIpc) is 2.63. The van der Waals surface area contributed by atoms with Crippen molar-refractivity contribution in [1.29, 1.82) is 0 Å². The Kier molecular flexibility index (Phi) is 5.63. The molecule has 138 valence electrons. The summed E-state index contributed by atoms with van der Waals surface area (Å²) >= 11 is 5.20. The smallest absolute Gasteiger partial charge is 0.251 e. The van der Waals surface area contributed by atoms with Gasteiger partial charge in [-0.2, -0.15) is 0 Å². The lowest BCUT2D eigenvalue weighted by Crippen LogP contribution is -2.58. The Morgan fingerprint density at radius 1 is 1.31 bits per heavy atom. The standard InChI is InChI=1S/C18H22N4O3S/c1-25-15-9-5-4-8-14(15)22-17(24)11(16(23)21-18(22)26)10-20-13-7-3-2-6-12(13)19/h4-5,8-13H,2-3,6-7,19H2,1H3,(H,21,23,26)/t11-,12-,13+/m1/s1. The van der Waals surface area contributed by atoms with Crippen molar-refractivity contribution in [2.75, 3.05) is 12.0 Å². The van der Waals surface area contributed by atoms with Crippen molar-refractivity contribution in [2.45, 2.75) is 37.8 Å². The minimum atomic E-state index is -1.04. The van der Waals surface area contributed by atoms with Crippen LogP contribution in [0.15, 0.2) is 29.3 Å². The van der Waals surface area contributed by atoms with Gasteiger partial charge in [-0.15, -0.1) is 0 Å². The molecule has 7 nitrogen and oxygen atoms in total. The van der Waals surface area contributed by atoms with Crippen LogP contribution < -0.4 is 20.7 Å². The topological polar surface area (TPSA) is 97.0 Å². The van der Waals surface area contributed by atoms with Crippen molar-refractivity contribution < 1.29 is 14.3 Å². The van der Waals surface area contributed by atoms with Crippen molar-refractivity contribution in [3.63, 3.8) is 0 Å². The fourth-order valence-electron chi connectivity index (χ4n) is 3.29. The van der Waals surface area contributed by atoms with Crippen molar-refractivity contribution in [3.8, 4) is 5.75 Å². The molecule has 0 radical (unpaired) electrons. The highest BCUT2D eigenvalue weighted by Gasteiger charge is 2.39. The number of nitrogens with one attached hydrogen (secondary N) is 1. The number of thiocarbonyl (C=S) groups is 1. The van der Waals surface area contributed by atoms with Crippen LogP contribution in [-0.4, -0.2) is 42.3 Å². The second-order valence-electron chi connectivity index (χ2n) is 6.43. The SMILES string of the molecule is COc1ccccc1N1C(=O)[C@H](C=N[C@H]2CCCC[C@H]2N)C(=O)NC1=S. The van der Waals surface area contributed by atoms with Gasteiger partial charge in [-0.25, -0.2) is 0 Å². The molecule has 2 aliphatic rings. The maximum Gasteiger partial charge on any atom is 0.251 e. The van der Waals surface area contributed by atoms with E-state index in [4.69, 9.17) is 22.7 Å². The number of para-hydroxylation sites is 2. The minimum absolute atomic E-state index is 0.0310. The van der Waals surface area contributed by atoms with E-state index in [1.54, 1.807) is 24.3 Å². The van der Waals surface area contributed by atoms with Crippen LogP contribution in [-0.2, 0) is 9.59 Å². The van der Waals surface area contributed by atoms with E-state index >= 15 is 0 Å². The van der Waals surface area contributed by atoms with Crippen LogP contribution in [0.3, 0.4) is 0 Å². The summed E-state index contributed by atoms with van der Waals surface area (Å²) in [4.78, 5) is 31.0. The molecule has 0 spiro atoms. The number of carbonyl (C=O) groups excluding carboxylic acids is 2. The first-order chi connectivity index (χ1) is 12.5. The maximum atomic E-state index is 13.0. The minimum Gasteiger partial charge on any atom is -0.495 e. The van der Waals surface area contributed by atoms with E-state index in [2.05, 4.69) is 10.3 Å². The molecule has 1 saturated heterocycles. The van der Waals surface area contributed by atoms with E-state index in [1.807, 2.05) is 0 Å². The second-order valence-corrected chi connectivity index (χ2v) is 6.82. The Labute approximate surface area is 157 Å². The van der Waals surface area contributed by atoms with E-state index in [9.17, 15) is 9.59 Å². The summed E-state index contributed by atoms with van der Waals surface area (Å²) < 4.78 is 5.31. The number of hydrogen-bond acceptors (Lipinski definition) is 6. The number of anilines is 1. The molecule has 0 bridgehead atoms. The van der Waals surface area contributed by atoms with E-state index in [1.165, 1.54) is 18.2 Å². The molecule has 8 heteroatoms. The number of nitrogens with two attached hydrogens (primary N) is 1. The number of carbonyl (C=O) groups is 2. The molecule has 3 N–H and O–H groups in total. The highest BCUT2D eigenvalue weighted by molar-refractivity contribution is 7.80. The zero-order chi connectivity index (χ0) is 18.7. The van der Waals surface area contributed by atoms with Crippen molar-refractivity contribution in [1.82, 2.24) is 5.32 Å². The first-order valence-electron chi connectivity index (χ1n) is 8.63.